The van der Waals surface area contributed by atoms with Crippen molar-refractivity contribution in [1.82, 2.24) is 5.32 Å². The number of anilines is 3. The molecule has 4 rings (SSSR count). The lowest BCUT2D eigenvalue weighted by atomic mass is 9.99. The van der Waals surface area contributed by atoms with E-state index in [1.807, 2.05) is 29.2 Å². The lowest BCUT2D eigenvalue weighted by Gasteiger charge is -2.33. The first-order chi connectivity index (χ1) is 15.0. The highest BCUT2D eigenvalue weighted by Gasteiger charge is 2.22. The largest absolute Gasteiger partial charge is 0.371 e. The van der Waals surface area contributed by atoms with E-state index in [4.69, 9.17) is 12.2 Å². The monoisotopic (exact) mass is 436 g/mol. The quantitative estimate of drug-likeness (QED) is 0.639. The summed E-state index contributed by atoms with van der Waals surface area (Å²) in [5.74, 6) is 0.952. The van der Waals surface area contributed by atoms with Crippen molar-refractivity contribution in [1.29, 1.82) is 0 Å². The molecule has 2 aliphatic heterocycles. The Hall–Kier alpha value is -2.60. The second kappa shape index (κ2) is 9.69. The number of nitrogens with zero attached hydrogens (tertiary/aromatic N) is 2. The first-order valence-corrected chi connectivity index (χ1v) is 11.7. The van der Waals surface area contributed by atoms with Crippen molar-refractivity contribution in [2.75, 3.05) is 34.8 Å². The van der Waals surface area contributed by atoms with Crippen molar-refractivity contribution in [3.05, 3.63) is 54.1 Å². The summed E-state index contributed by atoms with van der Waals surface area (Å²) < 4.78 is 0. The molecule has 6 heteroatoms. The van der Waals surface area contributed by atoms with Crippen LogP contribution in [0.1, 0.15) is 51.1 Å². The lowest BCUT2D eigenvalue weighted by Crippen LogP contribution is -2.34. The number of piperidine rings is 1. The molecule has 2 fully saturated rings. The minimum Gasteiger partial charge on any atom is -0.371 e. The Labute approximate surface area is 190 Å². The maximum atomic E-state index is 12.0. The topological polar surface area (TPSA) is 47.6 Å². The summed E-state index contributed by atoms with van der Waals surface area (Å²) in [5.41, 5.74) is 4.31. The fourth-order valence-electron chi connectivity index (χ4n) is 4.52. The molecule has 2 atom stereocenters. The molecule has 2 N–H and O–H groups in total. The maximum absolute atomic E-state index is 12.0. The number of rotatable bonds is 5. The van der Waals surface area contributed by atoms with Gasteiger partial charge in [-0.3, -0.25) is 4.79 Å². The number of thiocarbonyl (C=S) groups is 1. The first kappa shape index (κ1) is 21.6. The van der Waals surface area contributed by atoms with Gasteiger partial charge in [0.1, 0.15) is 0 Å². The number of nitrogens with one attached hydrogen (secondary N) is 2. The molecule has 0 aliphatic carbocycles. The molecular formula is C25H32N4OS. The van der Waals surface area contributed by atoms with Crippen LogP contribution in [0.2, 0.25) is 0 Å². The highest BCUT2D eigenvalue weighted by atomic mass is 32.1. The summed E-state index contributed by atoms with van der Waals surface area (Å²) in [6.45, 7) is 7.52. The predicted molar refractivity (Wildman–Crippen MR) is 133 cm³/mol. The van der Waals surface area contributed by atoms with Gasteiger partial charge >= 0.3 is 0 Å². The number of hydrogen-bond acceptors (Lipinski definition) is 3. The molecular weight excluding hydrogens is 404 g/mol. The van der Waals surface area contributed by atoms with Gasteiger partial charge in [0.05, 0.1) is 6.04 Å². The SMILES string of the molecule is C[C@@H]1CCCN(c2ccc([C@H](C)NC(=S)Nc3cccc(N4CCCC4=O)c3)cc2)C1. The van der Waals surface area contributed by atoms with Crippen LogP contribution in [0.15, 0.2) is 48.5 Å². The molecule has 31 heavy (non-hydrogen) atoms. The lowest BCUT2D eigenvalue weighted by molar-refractivity contribution is -0.117. The predicted octanol–water partition coefficient (Wildman–Crippen LogP) is 5.10. The van der Waals surface area contributed by atoms with Crippen LogP contribution in [0.5, 0.6) is 0 Å². The van der Waals surface area contributed by atoms with Gasteiger partial charge in [0.15, 0.2) is 5.11 Å². The van der Waals surface area contributed by atoms with Gasteiger partial charge in [-0.15, -0.1) is 0 Å². The highest BCUT2D eigenvalue weighted by Crippen LogP contribution is 2.26. The average Bonchev–Trinajstić information content (AvgIpc) is 3.20. The number of carbonyl (C=O) groups is 1. The van der Waals surface area contributed by atoms with E-state index in [0.717, 1.165) is 43.3 Å². The number of carbonyl (C=O) groups excluding carboxylic acids is 1. The Morgan fingerprint density at radius 3 is 2.61 bits per heavy atom. The van der Waals surface area contributed by atoms with Crippen LogP contribution in [0.4, 0.5) is 17.1 Å². The second-order valence-electron chi connectivity index (χ2n) is 8.80. The van der Waals surface area contributed by atoms with E-state index >= 15 is 0 Å². The summed E-state index contributed by atoms with van der Waals surface area (Å²) >= 11 is 5.54. The average molecular weight is 437 g/mol. The van der Waals surface area contributed by atoms with Crippen molar-refractivity contribution in [3.63, 3.8) is 0 Å². The van der Waals surface area contributed by atoms with Gasteiger partial charge < -0.3 is 20.4 Å². The van der Waals surface area contributed by atoms with Gasteiger partial charge in [-0.25, -0.2) is 0 Å². The first-order valence-electron chi connectivity index (χ1n) is 11.3. The van der Waals surface area contributed by atoms with E-state index in [0.29, 0.717) is 11.5 Å². The zero-order valence-electron chi connectivity index (χ0n) is 18.4. The third kappa shape index (κ3) is 5.37. The minimum absolute atomic E-state index is 0.0951. The van der Waals surface area contributed by atoms with Gasteiger partial charge in [-0.2, -0.15) is 0 Å². The normalized spacial score (nSPS) is 19.9. The third-order valence-electron chi connectivity index (χ3n) is 6.25. The smallest absolute Gasteiger partial charge is 0.227 e. The molecule has 0 radical (unpaired) electrons. The van der Waals surface area contributed by atoms with Crippen molar-refractivity contribution in [2.24, 2.45) is 5.92 Å². The van der Waals surface area contributed by atoms with Crippen LogP contribution in [0.25, 0.3) is 0 Å². The number of hydrogen-bond donors (Lipinski definition) is 2. The van der Waals surface area contributed by atoms with Crippen LogP contribution in [0.3, 0.4) is 0 Å². The standard InChI is InChI=1S/C25H32N4OS/c1-18-6-4-14-28(17-18)22-12-10-20(11-13-22)19(2)26-25(31)27-21-7-3-8-23(16-21)29-15-5-9-24(29)30/h3,7-8,10-13,16,18-19H,4-6,9,14-15,17H2,1-2H3,(H2,26,27,31)/t18-,19+/m1/s1. The van der Waals surface area contributed by atoms with Crippen molar-refractivity contribution in [3.8, 4) is 0 Å². The second-order valence-corrected chi connectivity index (χ2v) is 9.21. The van der Waals surface area contributed by atoms with Gasteiger partial charge in [0.25, 0.3) is 0 Å². The van der Waals surface area contributed by atoms with E-state index in [1.165, 1.54) is 24.1 Å². The molecule has 2 saturated heterocycles. The molecule has 2 aromatic carbocycles. The molecule has 2 aromatic rings. The Kier molecular flexibility index (Phi) is 6.76. The summed E-state index contributed by atoms with van der Waals surface area (Å²) in [6.07, 6.45) is 4.15. The summed E-state index contributed by atoms with van der Waals surface area (Å²) in [5, 5.41) is 7.21. The maximum Gasteiger partial charge on any atom is 0.227 e. The number of amides is 1. The van der Waals surface area contributed by atoms with E-state index in [9.17, 15) is 4.79 Å². The molecule has 0 aromatic heterocycles. The van der Waals surface area contributed by atoms with Crippen LogP contribution >= 0.6 is 12.2 Å². The highest BCUT2D eigenvalue weighted by molar-refractivity contribution is 7.80. The van der Waals surface area contributed by atoms with Crippen molar-refractivity contribution >= 4 is 40.3 Å². The minimum atomic E-state index is 0.0951. The van der Waals surface area contributed by atoms with Crippen molar-refractivity contribution < 1.29 is 4.79 Å². The molecule has 1 amide bonds. The Balaban J connectivity index is 1.34. The Morgan fingerprint density at radius 2 is 1.90 bits per heavy atom. The fourth-order valence-corrected chi connectivity index (χ4v) is 4.81. The van der Waals surface area contributed by atoms with Gasteiger partial charge in [-0.1, -0.05) is 25.1 Å². The summed E-state index contributed by atoms with van der Waals surface area (Å²) in [6, 6.07) is 16.8. The molecule has 2 heterocycles. The molecule has 5 nitrogen and oxygen atoms in total. The van der Waals surface area contributed by atoms with E-state index < -0.39 is 0 Å². The fraction of sp³-hybridized carbons (Fsp3) is 0.440. The molecule has 0 unspecified atom stereocenters. The van der Waals surface area contributed by atoms with Crippen LogP contribution in [-0.4, -0.2) is 30.7 Å². The Bertz CT molecular complexity index is 929. The van der Waals surface area contributed by atoms with Crippen LogP contribution in [-0.2, 0) is 4.79 Å². The van der Waals surface area contributed by atoms with E-state index in [2.05, 4.69) is 53.6 Å². The molecule has 0 bridgehead atoms. The number of benzene rings is 2. The third-order valence-corrected chi connectivity index (χ3v) is 6.47. The zero-order chi connectivity index (χ0) is 21.8. The summed E-state index contributed by atoms with van der Waals surface area (Å²) in [7, 11) is 0. The van der Waals surface area contributed by atoms with Gasteiger partial charge in [-0.05, 0) is 80.2 Å². The van der Waals surface area contributed by atoms with E-state index in [1.54, 1.807) is 0 Å². The molecule has 0 saturated carbocycles. The van der Waals surface area contributed by atoms with Crippen molar-refractivity contribution in [2.45, 2.75) is 45.6 Å². The zero-order valence-corrected chi connectivity index (χ0v) is 19.3. The van der Waals surface area contributed by atoms with Crippen LogP contribution < -0.4 is 20.4 Å². The van der Waals surface area contributed by atoms with Crippen LogP contribution in [0, 0.1) is 5.92 Å². The van der Waals surface area contributed by atoms with Gasteiger partial charge in [0.2, 0.25) is 5.91 Å². The molecule has 164 valence electrons. The van der Waals surface area contributed by atoms with E-state index in [-0.39, 0.29) is 11.9 Å². The van der Waals surface area contributed by atoms with Gasteiger partial charge in [0, 0.05) is 43.1 Å². The molecule has 2 aliphatic rings. The molecule has 0 spiro atoms. The summed E-state index contributed by atoms with van der Waals surface area (Å²) in [4.78, 5) is 16.3. The Morgan fingerprint density at radius 1 is 1.10 bits per heavy atom.